The molecule has 0 aliphatic rings. The Morgan fingerprint density at radius 3 is 1.47 bits per heavy atom. The van der Waals surface area contributed by atoms with Gasteiger partial charge >= 0.3 is 0 Å². The van der Waals surface area contributed by atoms with Gasteiger partial charge in [0.2, 0.25) is 0 Å². The van der Waals surface area contributed by atoms with Gasteiger partial charge in [-0.3, -0.25) is 4.79 Å². The Bertz CT molecular complexity index is 1080. The standard InChI is InChI=1S/C33H36OP.BrH/c1-2-3-4-5-15-22-33(34)29-25-23-28(24-26-29)27-35(30-16-9-6-10-17-30,31-18-11-7-12-19-31)32-20-13-8-14-21-32;/h6-14,16-21,23-26H,2-5,15,22,27H2,1H3;1H/q+1;/p-1. The lowest BCUT2D eigenvalue weighted by molar-refractivity contribution is -0.0000149. The maximum Gasteiger partial charge on any atom is 0.162 e. The first kappa shape index (κ1) is 28.0. The van der Waals surface area contributed by atoms with E-state index in [4.69, 9.17) is 0 Å². The number of carbonyl (C=O) groups is 1. The second kappa shape index (κ2) is 14.3. The largest absolute Gasteiger partial charge is 1.00 e. The molecule has 0 N–H and O–H groups in total. The molecule has 0 unspecified atom stereocenters. The van der Waals surface area contributed by atoms with Crippen LogP contribution in [0.25, 0.3) is 0 Å². The molecule has 186 valence electrons. The number of Topliss-reactive ketones (excluding diaryl/α,β-unsaturated/α-hetero) is 1. The molecule has 0 bridgehead atoms. The summed E-state index contributed by atoms with van der Waals surface area (Å²) < 4.78 is 0. The number of hydrogen-bond donors (Lipinski definition) is 0. The molecule has 0 aromatic heterocycles. The van der Waals surface area contributed by atoms with Crippen LogP contribution in [0.3, 0.4) is 0 Å². The number of unbranched alkanes of at least 4 members (excludes halogenated alkanes) is 4. The number of rotatable bonds is 12. The molecule has 3 heteroatoms. The van der Waals surface area contributed by atoms with Crippen LogP contribution in [0.15, 0.2) is 115 Å². The van der Waals surface area contributed by atoms with Crippen molar-refractivity contribution in [2.24, 2.45) is 0 Å². The van der Waals surface area contributed by atoms with Crippen molar-refractivity contribution in [3.63, 3.8) is 0 Å². The molecule has 0 aliphatic heterocycles. The zero-order chi connectivity index (χ0) is 24.3. The van der Waals surface area contributed by atoms with Gasteiger partial charge in [-0.15, -0.1) is 0 Å². The third kappa shape index (κ3) is 6.81. The van der Waals surface area contributed by atoms with E-state index in [-0.39, 0.29) is 22.8 Å². The Morgan fingerprint density at radius 2 is 1.03 bits per heavy atom. The maximum absolute atomic E-state index is 12.7. The Balaban J connectivity index is 0.00000361. The molecule has 0 atom stereocenters. The second-order valence-electron chi connectivity index (χ2n) is 9.26. The molecule has 0 saturated heterocycles. The van der Waals surface area contributed by atoms with Crippen LogP contribution in [0.4, 0.5) is 0 Å². The minimum Gasteiger partial charge on any atom is -1.00 e. The fourth-order valence-electron chi connectivity index (χ4n) is 4.87. The quantitative estimate of drug-likeness (QED) is 0.139. The Kier molecular flexibility index (Phi) is 11.1. The van der Waals surface area contributed by atoms with Crippen LogP contribution >= 0.6 is 7.26 Å². The van der Waals surface area contributed by atoms with Crippen molar-refractivity contribution in [2.45, 2.75) is 51.6 Å². The number of hydrogen-bond acceptors (Lipinski definition) is 1. The van der Waals surface area contributed by atoms with E-state index >= 15 is 0 Å². The lowest BCUT2D eigenvalue weighted by Crippen LogP contribution is -3.00. The summed E-state index contributed by atoms with van der Waals surface area (Å²) in [6, 6.07) is 41.3. The molecule has 4 rings (SSSR count). The lowest BCUT2D eigenvalue weighted by Gasteiger charge is -2.28. The highest BCUT2D eigenvalue weighted by molar-refractivity contribution is 7.95. The van der Waals surface area contributed by atoms with Gasteiger partial charge in [0, 0.05) is 12.0 Å². The molecular weight excluding hydrogens is 523 g/mol. The van der Waals surface area contributed by atoms with Crippen molar-refractivity contribution < 1.29 is 21.8 Å². The Labute approximate surface area is 228 Å². The van der Waals surface area contributed by atoms with Crippen LogP contribution in [0.2, 0.25) is 0 Å². The maximum atomic E-state index is 12.7. The van der Waals surface area contributed by atoms with E-state index in [9.17, 15) is 4.79 Å². The first-order valence-electron chi connectivity index (χ1n) is 12.9. The molecule has 0 fully saturated rings. The molecule has 0 saturated carbocycles. The van der Waals surface area contributed by atoms with Crippen LogP contribution in [0, 0.1) is 0 Å². The molecule has 4 aromatic carbocycles. The molecule has 0 radical (unpaired) electrons. The minimum absolute atomic E-state index is 0. The van der Waals surface area contributed by atoms with Gasteiger partial charge < -0.3 is 17.0 Å². The molecular formula is C33H36BrOP. The summed E-state index contributed by atoms with van der Waals surface area (Å²) in [4.78, 5) is 12.7. The molecule has 4 aromatic rings. The SMILES string of the molecule is CCCCCCCC(=O)c1ccc(C[P+](c2ccccc2)(c2ccccc2)c2ccccc2)cc1.[Br-]. The predicted molar refractivity (Wildman–Crippen MR) is 153 cm³/mol. The number of carbonyl (C=O) groups excluding carboxylic acids is 1. The van der Waals surface area contributed by atoms with Crippen molar-refractivity contribution in [1.29, 1.82) is 0 Å². The van der Waals surface area contributed by atoms with Gasteiger partial charge in [-0.1, -0.05) is 111 Å². The number of ketones is 1. The van der Waals surface area contributed by atoms with Gasteiger partial charge in [0.1, 0.15) is 23.2 Å². The zero-order valence-corrected chi connectivity index (χ0v) is 23.6. The van der Waals surface area contributed by atoms with Crippen LogP contribution in [0.5, 0.6) is 0 Å². The zero-order valence-electron chi connectivity index (χ0n) is 21.2. The summed E-state index contributed by atoms with van der Waals surface area (Å²) in [5.41, 5.74) is 2.11. The van der Waals surface area contributed by atoms with Crippen molar-refractivity contribution in [3.8, 4) is 0 Å². The summed E-state index contributed by atoms with van der Waals surface area (Å²) >= 11 is 0. The summed E-state index contributed by atoms with van der Waals surface area (Å²) in [7, 11) is -1.93. The highest BCUT2D eigenvalue weighted by atomic mass is 79.9. The summed E-state index contributed by atoms with van der Waals surface area (Å²) in [5.74, 6) is 0.267. The normalized spacial score (nSPS) is 11.0. The summed E-state index contributed by atoms with van der Waals surface area (Å²) in [5, 5.41) is 4.14. The topological polar surface area (TPSA) is 17.1 Å². The summed E-state index contributed by atoms with van der Waals surface area (Å²) in [6.45, 7) is 2.22. The van der Waals surface area contributed by atoms with E-state index in [1.807, 2.05) is 12.1 Å². The average Bonchev–Trinajstić information content (AvgIpc) is 2.93. The number of benzene rings is 4. The van der Waals surface area contributed by atoms with Gasteiger partial charge in [0.05, 0.1) is 6.16 Å². The van der Waals surface area contributed by atoms with E-state index in [0.29, 0.717) is 6.42 Å². The highest BCUT2D eigenvalue weighted by Crippen LogP contribution is 2.58. The van der Waals surface area contributed by atoms with E-state index in [0.717, 1.165) is 24.6 Å². The van der Waals surface area contributed by atoms with Crippen LogP contribution in [0.1, 0.15) is 61.4 Å². The predicted octanol–water partition coefficient (Wildman–Crippen LogP) is 4.73. The first-order chi connectivity index (χ1) is 17.2. The van der Waals surface area contributed by atoms with Crippen LogP contribution in [-0.4, -0.2) is 5.78 Å². The third-order valence-electron chi connectivity index (χ3n) is 6.79. The molecule has 0 heterocycles. The van der Waals surface area contributed by atoms with Gasteiger partial charge in [-0.05, 0) is 48.4 Å². The van der Waals surface area contributed by atoms with Gasteiger partial charge in [0.15, 0.2) is 5.78 Å². The van der Waals surface area contributed by atoms with Crippen molar-refractivity contribution in [3.05, 3.63) is 126 Å². The van der Waals surface area contributed by atoms with Crippen LogP contribution in [-0.2, 0) is 6.16 Å². The van der Waals surface area contributed by atoms with Crippen LogP contribution < -0.4 is 32.9 Å². The average molecular weight is 560 g/mol. The Morgan fingerprint density at radius 1 is 0.583 bits per heavy atom. The van der Waals surface area contributed by atoms with Gasteiger partial charge in [-0.25, -0.2) is 0 Å². The van der Waals surface area contributed by atoms with Gasteiger partial charge in [0.25, 0.3) is 0 Å². The Hall–Kier alpha value is -2.54. The van der Waals surface area contributed by atoms with E-state index in [2.05, 4.69) is 110 Å². The molecule has 0 spiro atoms. The first-order valence-corrected chi connectivity index (χ1v) is 14.9. The van der Waals surface area contributed by atoms with Crippen molar-refractivity contribution in [1.82, 2.24) is 0 Å². The summed E-state index contributed by atoms with van der Waals surface area (Å²) in [6.07, 6.45) is 7.44. The van der Waals surface area contributed by atoms with Gasteiger partial charge in [-0.2, -0.15) is 0 Å². The van der Waals surface area contributed by atoms with Crippen molar-refractivity contribution >= 4 is 29.0 Å². The van der Waals surface area contributed by atoms with E-state index < -0.39 is 7.26 Å². The third-order valence-corrected chi connectivity index (χ3v) is 11.2. The molecule has 36 heavy (non-hydrogen) atoms. The van der Waals surface area contributed by atoms with E-state index in [1.54, 1.807) is 0 Å². The fourth-order valence-corrected chi connectivity index (χ4v) is 9.12. The smallest absolute Gasteiger partial charge is 0.162 e. The molecule has 0 aliphatic carbocycles. The number of halogens is 1. The van der Waals surface area contributed by atoms with Crippen molar-refractivity contribution in [2.75, 3.05) is 0 Å². The monoisotopic (exact) mass is 558 g/mol. The minimum atomic E-state index is -1.93. The van der Waals surface area contributed by atoms with E-state index in [1.165, 1.54) is 40.7 Å². The highest BCUT2D eigenvalue weighted by Gasteiger charge is 2.45. The second-order valence-corrected chi connectivity index (χ2v) is 12.7. The molecule has 1 nitrogen and oxygen atoms in total. The fraction of sp³-hybridized carbons (Fsp3) is 0.242. The molecule has 0 amide bonds. The lowest BCUT2D eigenvalue weighted by atomic mass is 10.0.